The molecule has 0 heterocycles. The van der Waals surface area contributed by atoms with Crippen molar-refractivity contribution in [3.8, 4) is 0 Å². The summed E-state index contributed by atoms with van der Waals surface area (Å²) in [5.41, 5.74) is 0. The molecule has 0 aliphatic carbocycles. The lowest BCUT2D eigenvalue weighted by Gasteiger charge is -2.21. The normalized spacial score (nSPS) is 15.0. The Morgan fingerprint density at radius 2 is 0.624 bits per heavy atom. The predicted molar refractivity (Wildman–Crippen MR) is 344 cm³/mol. The average molecular weight is 1240 g/mol. The Bertz CT molecular complexity index is 1940. The number of unbranched alkanes of at least 4 members (excludes halogenated alkanes) is 22. The Kier molecular flexibility index (Phi) is 58.2. The van der Waals surface area contributed by atoms with Crippen molar-refractivity contribution in [2.75, 3.05) is 39.6 Å². The van der Waals surface area contributed by atoms with E-state index in [4.69, 9.17) is 32.3 Å². The molecule has 490 valence electrons. The highest BCUT2D eigenvalue weighted by Gasteiger charge is 2.29. The Balaban J connectivity index is 4.67. The first kappa shape index (κ1) is 81.5. The van der Waals surface area contributed by atoms with E-state index < -0.39 is 91.5 Å². The van der Waals surface area contributed by atoms with Gasteiger partial charge in [-0.05, 0) is 103 Å². The molecule has 0 aromatic heterocycles. The maximum atomic E-state index is 12.9. The summed E-state index contributed by atoms with van der Waals surface area (Å²) in [5, 5.41) is 20.5. The number of hydrogen-bond donors (Lipinski definition) is 4. The maximum absolute atomic E-state index is 12.9. The molecule has 0 bridgehead atoms. The lowest BCUT2D eigenvalue weighted by molar-refractivity contribution is -0.161. The molecule has 5 atom stereocenters. The lowest BCUT2D eigenvalue weighted by atomic mass is 10.0. The van der Waals surface area contributed by atoms with Crippen LogP contribution in [0.15, 0.2) is 97.2 Å². The summed E-state index contributed by atoms with van der Waals surface area (Å²) < 4.78 is 60.7. The number of allylic oxidation sites excluding steroid dienone is 16. The molecule has 18 heteroatoms. The molecule has 0 spiro atoms. The number of phosphoric ester groups is 2. The number of aliphatic hydroxyl groups excluding tert-OH is 2. The summed E-state index contributed by atoms with van der Waals surface area (Å²) in [6.45, 7) is 2.45. The summed E-state index contributed by atoms with van der Waals surface area (Å²) in [6.07, 6.45) is 64.7. The van der Waals surface area contributed by atoms with Crippen molar-refractivity contribution in [3.05, 3.63) is 97.2 Å². The Hall–Kier alpha value is -3.53. The molecule has 4 N–H and O–H groups in total. The molecule has 0 saturated heterocycles. The average Bonchev–Trinajstić information content (AvgIpc) is 3.51. The second kappa shape index (κ2) is 60.7. The van der Waals surface area contributed by atoms with Gasteiger partial charge in [0, 0.05) is 19.3 Å². The fraction of sp³-hybridized carbons (Fsp3) is 0.716. The molecule has 0 radical (unpaired) electrons. The van der Waals surface area contributed by atoms with E-state index in [-0.39, 0.29) is 19.3 Å². The summed E-state index contributed by atoms with van der Waals surface area (Å²) in [5.74, 6) is -1.63. The van der Waals surface area contributed by atoms with Gasteiger partial charge in [0.15, 0.2) is 6.10 Å². The highest BCUT2D eigenvalue weighted by molar-refractivity contribution is 7.47. The fourth-order valence-electron chi connectivity index (χ4n) is 8.31. The van der Waals surface area contributed by atoms with Crippen molar-refractivity contribution in [1.82, 2.24) is 0 Å². The zero-order chi connectivity index (χ0) is 62.4. The third-order valence-corrected chi connectivity index (χ3v) is 15.2. The molecular weight excluding hydrogens is 1120 g/mol. The van der Waals surface area contributed by atoms with Gasteiger partial charge in [-0.15, -0.1) is 0 Å². The van der Waals surface area contributed by atoms with E-state index in [9.17, 15) is 43.5 Å². The third-order valence-electron chi connectivity index (χ3n) is 13.3. The van der Waals surface area contributed by atoms with Crippen LogP contribution < -0.4 is 0 Å². The van der Waals surface area contributed by atoms with Gasteiger partial charge in [-0.1, -0.05) is 227 Å². The van der Waals surface area contributed by atoms with Gasteiger partial charge >= 0.3 is 33.6 Å². The smallest absolute Gasteiger partial charge is 0.463 e. The molecule has 5 unspecified atom stereocenters. The van der Waals surface area contributed by atoms with Crippen LogP contribution in [0.25, 0.3) is 0 Å². The van der Waals surface area contributed by atoms with E-state index in [0.717, 1.165) is 122 Å². The van der Waals surface area contributed by atoms with E-state index in [1.54, 1.807) is 0 Å². The standard InChI is InChI=1S/C67H116O16P2/c1-4-7-10-13-16-19-22-25-27-28-29-30-31-32-34-37-38-41-44-47-50-53-65(70)77-56-62(68)57-79-84(73,74)80-58-63(69)59-81-85(75,76)82-61-64(83-67(72)55-52-49-46-43-40-35-24-21-18-15-12-9-6-3)60-78-66(71)54-51-48-45-42-39-36-33-26-23-20-17-14-11-8-5-2/h7,10,16-17,19-20,25-27,29-30,32-34,38,41,62-64,68-69H,4-6,8-9,11-15,18,21-24,28,31,35-37,39-40,42-61H2,1-3H3,(H,73,74)(H,75,76)/b10-7-,19-16-,20-17-,27-25-,30-29-,33-26-,34-32-,41-38-. The number of phosphoric acid groups is 2. The molecule has 0 aliphatic heterocycles. The van der Waals surface area contributed by atoms with E-state index >= 15 is 0 Å². The van der Waals surface area contributed by atoms with E-state index in [1.807, 2.05) is 0 Å². The first-order valence-corrected chi connectivity index (χ1v) is 35.5. The lowest BCUT2D eigenvalue weighted by Crippen LogP contribution is -2.30. The summed E-state index contributed by atoms with van der Waals surface area (Å²) in [7, 11) is -9.78. The Morgan fingerprint density at radius 3 is 1.04 bits per heavy atom. The van der Waals surface area contributed by atoms with Gasteiger partial charge in [0.1, 0.15) is 25.4 Å². The van der Waals surface area contributed by atoms with Gasteiger partial charge in [0.2, 0.25) is 0 Å². The van der Waals surface area contributed by atoms with Crippen molar-refractivity contribution in [3.63, 3.8) is 0 Å². The fourth-order valence-corrected chi connectivity index (χ4v) is 9.89. The van der Waals surface area contributed by atoms with Crippen molar-refractivity contribution in [1.29, 1.82) is 0 Å². The predicted octanol–water partition coefficient (Wildman–Crippen LogP) is 17.5. The van der Waals surface area contributed by atoms with Gasteiger partial charge < -0.3 is 34.2 Å². The molecule has 0 aromatic rings. The highest BCUT2D eigenvalue weighted by atomic mass is 31.2. The van der Waals surface area contributed by atoms with Crippen LogP contribution in [0.4, 0.5) is 0 Å². The second-order valence-electron chi connectivity index (χ2n) is 21.5. The van der Waals surface area contributed by atoms with Gasteiger partial charge in [-0.2, -0.15) is 0 Å². The summed E-state index contributed by atoms with van der Waals surface area (Å²) >= 11 is 0. The van der Waals surface area contributed by atoms with Crippen LogP contribution in [0, 0.1) is 0 Å². The number of rotatable bonds is 61. The molecule has 16 nitrogen and oxygen atoms in total. The molecule has 0 amide bonds. The minimum atomic E-state index is -4.92. The summed E-state index contributed by atoms with van der Waals surface area (Å²) in [6, 6.07) is 0. The first-order chi connectivity index (χ1) is 41.2. The number of hydrogen-bond acceptors (Lipinski definition) is 14. The van der Waals surface area contributed by atoms with Crippen LogP contribution in [0.2, 0.25) is 0 Å². The largest absolute Gasteiger partial charge is 0.472 e. The molecule has 0 saturated carbocycles. The van der Waals surface area contributed by atoms with Crippen LogP contribution >= 0.6 is 15.6 Å². The van der Waals surface area contributed by atoms with Crippen molar-refractivity contribution >= 4 is 33.6 Å². The van der Waals surface area contributed by atoms with Crippen LogP contribution in [0.5, 0.6) is 0 Å². The van der Waals surface area contributed by atoms with Crippen LogP contribution in [-0.2, 0) is 55.8 Å². The quantitative estimate of drug-likeness (QED) is 0.0146. The van der Waals surface area contributed by atoms with Crippen molar-refractivity contribution in [2.24, 2.45) is 0 Å². The molecule has 0 rings (SSSR count). The van der Waals surface area contributed by atoms with Crippen molar-refractivity contribution in [2.45, 2.75) is 270 Å². The minimum Gasteiger partial charge on any atom is -0.463 e. The SMILES string of the molecule is CC/C=C\C/C=C\C/C=C\C/C=C\C/C=C\C/C=C\CCCCC(=O)OCC(O)COP(=O)(O)OCC(O)COP(=O)(O)OCC(COC(=O)CCCCCCC/C=C\C/C=C\CCCCC)OC(=O)CCCCCCCCCCCCCCC. The van der Waals surface area contributed by atoms with Gasteiger partial charge in [-0.3, -0.25) is 32.5 Å². The van der Waals surface area contributed by atoms with Crippen LogP contribution in [-0.4, -0.2) is 95.9 Å². The molecule has 0 aromatic carbocycles. The molecular formula is C67H116O16P2. The zero-order valence-electron chi connectivity index (χ0n) is 52.8. The van der Waals surface area contributed by atoms with Crippen LogP contribution in [0.3, 0.4) is 0 Å². The number of carbonyl (C=O) groups is 3. The number of carbonyl (C=O) groups excluding carboxylic acids is 3. The molecule has 0 aliphatic rings. The second-order valence-corrected chi connectivity index (χ2v) is 24.4. The topological polar surface area (TPSA) is 231 Å². The monoisotopic (exact) mass is 1240 g/mol. The van der Waals surface area contributed by atoms with E-state index in [0.29, 0.717) is 19.3 Å². The summed E-state index contributed by atoms with van der Waals surface area (Å²) in [4.78, 5) is 58.2. The van der Waals surface area contributed by atoms with Gasteiger partial charge in [0.05, 0.1) is 26.4 Å². The Labute approximate surface area is 514 Å². The number of esters is 3. The maximum Gasteiger partial charge on any atom is 0.472 e. The number of aliphatic hydroxyl groups is 2. The van der Waals surface area contributed by atoms with E-state index in [1.165, 1.54) is 70.6 Å². The van der Waals surface area contributed by atoms with Crippen LogP contribution in [0.1, 0.15) is 252 Å². The zero-order valence-corrected chi connectivity index (χ0v) is 54.5. The third kappa shape index (κ3) is 61.9. The first-order valence-electron chi connectivity index (χ1n) is 32.5. The minimum absolute atomic E-state index is 0.103. The van der Waals surface area contributed by atoms with Crippen molar-refractivity contribution < 1.29 is 75.8 Å². The van der Waals surface area contributed by atoms with Gasteiger partial charge in [-0.25, -0.2) is 9.13 Å². The highest BCUT2D eigenvalue weighted by Crippen LogP contribution is 2.45. The molecule has 85 heavy (non-hydrogen) atoms. The van der Waals surface area contributed by atoms with Gasteiger partial charge in [0.25, 0.3) is 0 Å². The Morgan fingerprint density at radius 1 is 0.341 bits per heavy atom. The number of ether oxygens (including phenoxy) is 3. The molecule has 0 fully saturated rings. The van der Waals surface area contributed by atoms with E-state index in [2.05, 4.69) is 118 Å².